The van der Waals surface area contributed by atoms with E-state index in [9.17, 15) is 0 Å². The molecule has 7 nitrogen and oxygen atoms in total. The fraction of sp³-hybridized carbons (Fsp3) is 0.211. The zero-order valence-corrected chi connectivity index (χ0v) is 15.9. The maximum atomic E-state index is 8.49. The molecule has 0 fully saturated rings. The third-order valence-electron chi connectivity index (χ3n) is 3.90. The lowest BCUT2D eigenvalue weighted by molar-refractivity contribution is -2.00. The van der Waals surface area contributed by atoms with Crippen molar-refractivity contribution in [3.63, 3.8) is 0 Å². The highest BCUT2D eigenvalue weighted by atomic mass is 35.7. The maximum absolute atomic E-state index is 8.49. The van der Waals surface area contributed by atoms with Crippen molar-refractivity contribution in [1.82, 2.24) is 0 Å². The first-order chi connectivity index (χ1) is 12.8. The fourth-order valence-corrected chi connectivity index (χ4v) is 2.72. The molecule has 0 radical (unpaired) electrons. The van der Waals surface area contributed by atoms with E-state index in [1.165, 1.54) is 11.1 Å². The quantitative estimate of drug-likeness (QED) is 0.529. The molecule has 144 valence electrons. The van der Waals surface area contributed by atoms with E-state index < -0.39 is 10.2 Å². The second-order valence-corrected chi connectivity index (χ2v) is 6.30. The highest BCUT2D eigenvalue weighted by molar-refractivity contribution is 5.97. The number of rotatable bonds is 4. The van der Waals surface area contributed by atoms with Gasteiger partial charge in [0.1, 0.15) is 6.54 Å². The Morgan fingerprint density at radius 1 is 0.889 bits per heavy atom. The summed E-state index contributed by atoms with van der Waals surface area (Å²) in [6, 6.07) is 14.5. The smallest absolute Gasteiger partial charge is 0.177 e. The van der Waals surface area contributed by atoms with Gasteiger partial charge in [-0.05, 0) is 24.6 Å². The van der Waals surface area contributed by atoms with Gasteiger partial charge in [0, 0.05) is 5.39 Å². The molecule has 27 heavy (non-hydrogen) atoms. The number of ether oxygens (including phenoxy) is 2. The number of benzene rings is 2. The number of methoxy groups -OCH3 is 2. The number of aromatic nitrogens is 1. The second kappa shape index (κ2) is 8.98. The molecule has 0 atom stereocenters. The Hall–Kier alpha value is -2.42. The SMILES string of the molecule is CC[n+]1cc(-c2ccccc2)c2cc(OC)c(OC)cc2c1.[O-][Cl+3]([O-])([O-])[O-]. The van der Waals surface area contributed by atoms with Crippen molar-refractivity contribution in [2.45, 2.75) is 13.5 Å². The van der Waals surface area contributed by atoms with Crippen LogP contribution in [0.3, 0.4) is 0 Å². The number of aryl methyl sites for hydroxylation is 1. The van der Waals surface area contributed by atoms with Gasteiger partial charge in [-0.25, -0.2) is 23.2 Å². The van der Waals surface area contributed by atoms with Gasteiger partial charge in [0.15, 0.2) is 23.9 Å². The average molecular weight is 394 g/mol. The zero-order valence-electron chi connectivity index (χ0n) is 15.2. The summed E-state index contributed by atoms with van der Waals surface area (Å²) in [5.74, 6) is 1.50. The van der Waals surface area contributed by atoms with Crippen LogP contribution in [-0.4, -0.2) is 14.2 Å². The molecular weight excluding hydrogens is 374 g/mol. The Balaban J connectivity index is 0.000000465. The minimum atomic E-state index is -4.94. The van der Waals surface area contributed by atoms with Crippen molar-refractivity contribution in [3.05, 3.63) is 54.9 Å². The summed E-state index contributed by atoms with van der Waals surface area (Å²) in [4.78, 5) is 0. The summed E-state index contributed by atoms with van der Waals surface area (Å²) in [6.45, 7) is 3.06. The van der Waals surface area contributed by atoms with Crippen LogP contribution in [0.5, 0.6) is 11.5 Å². The highest BCUT2D eigenvalue weighted by Crippen LogP contribution is 2.36. The Kier molecular flexibility index (Phi) is 6.95. The highest BCUT2D eigenvalue weighted by Gasteiger charge is 2.15. The fourth-order valence-electron chi connectivity index (χ4n) is 2.72. The van der Waals surface area contributed by atoms with Crippen molar-refractivity contribution >= 4 is 10.8 Å². The second-order valence-electron chi connectivity index (χ2n) is 5.54. The molecule has 0 aliphatic rings. The molecule has 8 heteroatoms. The van der Waals surface area contributed by atoms with E-state index in [0.717, 1.165) is 28.8 Å². The first kappa shape index (κ1) is 20.9. The minimum absolute atomic E-state index is 0.751. The van der Waals surface area contributed by atoms with Crippen LogP contribution >= 0.6 is 0 Å². The Morgan fingerprint density at radius 3 is 1.96 bits per heavy atom. The Labute approximate surface area is 159 Å². The molecule has 3 aromatic rings. The number of nitrogens with zero attached hydrogens (tertiary/aromatic N) is 1. The standard InChI is InChI=1S/C19H20NO2.ClHO4/c1-4-20-12-15-10-18(21-2)19(22-3)11-16(15)17(13-20)14-8-6-5-7-9-14;2-1(3,4)5/h5-13H,4H2,1-3H3;(H,2,3,4,5)/q+1;/p-1. The maximum Gasteiger partial charge on any atom is 0.177 e. The van der Waals surface area contributed by atoms with Gasteiger partial charge in [-0.3, -0.25) is 0 Å². The van der Waals surface area contributed by atoms with E-state index >= 15 is 0 Å². The molecule has 0 amide bonds. The van der Waals surface area contributed by atoms with E-state index in [1.807, 2.05) is 12.1 Å². The summed E-state index contributed by atoms with van der Waals surface area (Å²) in [6.07, 6.45) is 4.33. The lowest BCUT2D eigenvalue weighted by atomic mass is 10.00. The molecule has 2 aromatic carbocycles. The summed E-state index contributed by atoms with van der Waals surface area (Å²) < 4.78 is 47.1. The molecule has 0 unspecified atom stereocenters. The molecule has 0 aliphatic heterocycles. The molecule has 0 saturated carbocycles. The van der Waals surface area contributed by atoms with E-state index in [0.29, 0.717) is 0 Å². The molecule has 0 saturated heterocycles. The lowest BCUT2D eigenvalue weighted by Crippen LogP contribution is -2.68. The van der Waals surface area contributed by atoms with Gasteiger partial charge in [0.25, 0.3) is 0 Å². The third kappa shape index (κ3) is 5.78. The molecule has 0 spiro atoms. The number of hydrogen-bond acceptors (Lipinski definition) is 6. The molecule has 1 aromatic heterocycles. The van der Waals surface area contributed by atoms with Gasteiger partial charge in [-0.15, -0.1) is 10.2 Å². The van der Waals surface area contributed by atoms with Crippen molar-refractivity contribution in [1.29, 1.82) is 0 Å². The topological polar surface area (TPSA) is 115 Å². The summed E-state index contributed by atoms with van der Waals surface area (Å²) >= 11 is 0. The molecule has 0 N–H and O–H groups in total. The van der Waals surface area contributed by atoms with Gasteiger partial charge in [0.05, 0.1) is 25.2 Å². The average Bonchev–Trinajstić information content (AvgIpc) is 2.65. The number of halogens is 1. The van der Waals surface area contributed by atoms with Crippen LogP contribution < -0.4 is 32.7 Å². The van der Waals surface area contributed by atoms with Crippen LogP contribution in [0.1, 0.15) is 6.92 Å². The van der Waals surface area contributed by atoms with Crippen LogP contribution in [0.2, 0.25) is 0 Å². The first-order valence-electron chi connectivity index (χ1n) is 8.02. The minimum Gasteiger partial charge on any atom is -0.493 e. The summed E-state index contributed by atoms with van der Waals surface area (Å²) in [7, 11) is -1.61. The molecule has 1 heterocycles. The number of hydrogen-bond donors (Lipinski definition) is 0. The Bertz CT molecular complexity index is 890. The van der Waals surface area contributed by atoms with Gasteiger partial charge >= 0.3 is 0 Å². The van der Waals surface area contributed by atoms with E-state index in [-0.39, 0.29) is 0 Å². The van der Waals surface area contributed by atoms with Crippen molar-refractivity contribution in [2.24, 2.45) is 0 Å². The summed E-state index contributed by atoms with van der Waals surface area (Å²) in [5, 5.41) is 2.30. The van der Waals surface area contributed by atoms with Crippen LogP contribution in [0.4, 0.5) is 0 Å². The number of pyridine rings is 1. The first-order valence-corrected chi connectivity index (χ1v) is 9.26. The van der Waals surface area contributed by atoms with Crippen LogP contribution in [0.25, 0.3) is 21.9 Å². The molecular formula is C19H20ClNO6. The van der Waals surface area contributed by atoms with Gasteiger partial charge in [-0.2, -0.15) is 0 Å². The summed E-state index contributed by atoms with van der Waals surface area (Å²) in [5.41, 5.74) is 2.39. The number of fused-ring (bicyclic) bond motifs is 1. The van der Waals surface area contributed by atoms with Crippen LogP contribution in [0, 0.1) is 10.2 Å². The predicted molar refractivity (Wildman–Crippen MR) is 88.4 cm³/mol. The zero-order chi connectivity index (χ0) is 20.0. The van der Waals surface area contributed by atoms with Gasteiger partial charge < -0.3 is 9.47 Å². The molecule has 0 aliphatic carbocycles. The van der Waals surface area contributed by atoms with E-state index in [1.54, 1.807) is 14.2 Å². The lowest BCUT2D eigenvalue weighted by Gasteiger charge is -2.17. The normalized spacial score (nSPS) is 10.9. The van der Waals surface area contributed by atoms with Gasteiger partial charge in [0.2, 0.25) is 0 Å². The van der Waals surface area contributed by atoms with Crippen LogP contribution in [0.15, 0.2) is 54.9 Å². The van der Waals surface area contributed by atoms with E-state index in [4.69, 9.17) is 28.1 Å². The Morgan fingerprint density at radius 2 is 1.44 bits per heavy atom. The van der Waals surface area contributed by atoms with Crippen molar-refractivity contribution in [2.75, 3.05) is 14.2 Å². The predicted octanol–water partition coefficient (Wildman–Crippen LogP) is -0.925. The van der Waals surface area contributed by atoms with Crippen molar-refractivity contribution in [3.8, 4) is 22.6 Å². The largest absolute Gasteiger partial charge is 0.493 e. The molecule has 0 bridgehead atoms. The van der Waals surface area contributed by atoms with E-state index in [2.05, 4.69) is 54.2 Å². The van der Waals surface area contributed by atoms with Gasteiger partial charge in [-0.1, -0.05) is 30.3 Å². The third-order valence-corrected chi connectivity index (χ3v) is 3.90. The van der Waals surface area contributed by atoms with Crippen LogP contribution in [-0.2, 0) is 6.54 Å². The van der Waals surface area contributed by atoms with Crippen molar-refractivity contribution < 1.29 is 42.9 Å². The molecule has 3 rings (SSSR count). The monoisotopic (exact) mass is 393 g/mol.